The lowest BCUT2D eigenvalue weighted by atomic mass is 9.87. The van der Waals surface area contributed by atoms with Gasteiger partial charge in [-0.2, -0.15) is 0 Å². The van der Waals surface area contributed by atoms with E-state index in [9.17, 15) is 0 Å². The van der Waals surface area contributed by atoms with Crippen molar-refractivity contribution in [3.63, 3.8) is 0 Å². The Balaban J connectivity index is 1.48. The van der Waals surface area contributed by atoms with Crippen molar-refractivity contribution in [2.24, 2.45) is 23.7 Å². The summed E-state index contributed by atoms with van der Waals surface area (Å²) in [5.74, 6) is 3.64. The molecule has 3 unspecified atom stereocenters. The van der Waals surface area contributed by atoms with Gasteiger partial charge in [0, 0.05) is 13.0 Å². The van der Waals surface area contributed by atoms with E-state index in [4.69, 9.17) is 0 Å². The summed E-state index contributed by atoms with van der Waals surface area (Å²) in [4.78, 5) is 0. The van der Waals surface area contributed by atoms with Crippen LogP contribution < -0.4 is 5.32 Å². The molecule has 0 saturated heterocycles. The molecule has 0 spiro atoms. The molecule has 2 aliphatic rings. The third kappa shape index (κ3) is 3.34. The zero-order valence-electron chi connectivity index (χ0n) is 12.1. The van der Waals surface area contributed by atoms with Gasteiger partial charge in [0.05, 0.1) is 0 Å². The molecule has 2 aliphatic carbocycles. The predicted molar refractivity (Wildman–Crippen MR) is 79.1 cm³/mol. The first-order chi connectivity index (χ1) is 9.20. The summed E-state index contributed by atoms with van der Waals surface area (Å²) < 4.78 is 0. The Morgan fingerprint density at radius 3 is 2.74 bits per heavy atom. The van der Waals surface area contributed by atoms with Crippen LogP contribution in [0.25, 0.3) is 0 Å². The lowest BCUT2D eigenvalue weighted by molar-refractivity contribution is 0.331. The monoisotopic (exact) mass is 279 g/mol. The quantitative estimate of drug-likeness (QED) is 0.868. The molecule has 3 atom stereocenters. The number of nitrogens with zero attached hydrogens (tertiary/aromatic N) is 2. The van der Waals surface area contributed by atoms with Crippen LogP contribution in [0.4, 0.5) is 0 Å². The van der Waals surface area contributed by atoms with Gasteiger partial charge >= 0.3 is 0 Å². The first kappa shape index (κ1) is 13.5. The van der Waals surface area contributed by atoms with Crippen molar-refractivity contribution in [2.75, 3.05) is 6.54 Å². The Bertz CT molecular complexity index is 415. The van der Waals surface area contributed by atoms with Crippen LogP contribution in [0.1, 0.15) is 49.5 Å². The molecule has 3 nitrogen and oxygen atoms in total. The van der Waals surface area contributed by atoms with Crippen LogP contribution in [0.15, 0.2) is 0 Å². The standard InChI is InChI=1S/C15H25N3S/c1-10(2)8-16-9-15-18-17-14(19-15)7-13-6-11-3-4-12(13)5-11/h10-13,16H,3-9H2,1-2H3. The molecule has 1 heterocycles. The summed E-state index contributed by atoms with van der Waals surface area (Å²) in [7, 11) is 0. The Morgan fingerprint density at radius 2 is 2.05 bits per heavy atom. The van der Waals surface area contributed by atoms with E-state index in [-0.39, 0.29) is 0 Å². The fraction of sp³-hybridized carbons (Fsp3) is 0.867. The van der Waals surface area contributed by atoms with Gasteiger partial charge in [-0.3, -0.25) is 0 Å². The molecule has 1 N–H and O–H groups in total. The maximum absolute atomic E-state index is 4.39. The van der Waals surface area contributed by atoms with Crippen molar-refractivity contribution in [3.05, 3.63) is 10.0 Å². The third-order valence-corrected chi connectivity index (χ3v) is 5.60. The first-order valence-corrected chi connectivity index (χ1v) is 8.54. The zero-order chi connectivity index (χ0) is 13.2. The average Bonchev–Trinajstić information content (AvgIpc) is 3.05. The highest BCUT2D eigenvalue weighted by Gasteiger charge is 2.39. The summed E-state index contributed by atoms with van der Waals surface area (Å²) in [5.41, 5.74) is 0. The van der Waals surface area contributed by atoms with E-state index in [1.807, 2.05) is 11.3 Å². The lowest BCUT2D eigenvalue weighted by Gasteiger charge is -2.19. The molecule has 0 aliphatic heterocycles. The minimum atomic E-state index is 0.696. The van der Waals surface area contributed by atoms with Crippen LogP contribution in [0.2, 0.25) is 0 Å². The van der Waals surface area contributed by atoms with E-state index in [1.165, 1.54) is 37.1 Å². The molecule has 0 aromatic carbocycles. The molecule has 1 aromatic rings. The van der Waals surface area contributed by atoms with Crippen LogP contribution >= 0.6 is 11.3 Å². The summed E-state index contributed by atoms with van der Waals surface area (Å²) in [6, 6.07) is 0. The molecular weight excluding hydrogens is 254 g/mol. The highest BCUT2D eigenvalue weighted by atomic mass is 32.1. The van der Waals surface area contributed by atoms with Crippen LogP contribution in [-0.2, 0) is 13.0 Å². The fourth-order valence-electron chi connectivity index (χ4n) is 3.76. The van der Waals surface area contributed by atoms with Gasteiger partial charge in [0.15, 0.2) is 0 Å². The topological polar surface area (TPSA) is 37.8 Å². The Hall–Kier alpha value is -0.480. The predicted octanol–water partition coefficient (Wildman–Crippen LogP) is 3.26. The molecule has 4 heteroatoms. The van der Waals surface area contributed by atoms with Gasteiger partial charge in [-0.25, -0.2) is 0 Å². The molecule has 2 saturated carbocycles. The van der Waals surface area contributed by atoms with Crippen molar-refractivity contribution < 1.29 is 0 Å². The van der Waals surface area contributed by atoms with Gasteiger partial charge < -0.3 is 5.32 Å². The van der Waals surface area contributed by atoms with Crippen molar-refractivity contribution in [1.82, 2.24) is 15.5 Å². The number of nitrogens with one attached hydrogen (secondary N) is 1. The molecule has 2 bridgehead atoms. The fourth-order valence-corrected chi connectivity index (χ4v) is 4.67. The number of rotatable bonds is 6. The second-order valence-corrected chi connectivity index (χ2v) is 7.90. The smallest absolute Gasteiger partial charge is 0.131 e. The highest BCUT2D eigenvalue weighted by molar-refractivity contribution is 7.11. The summed E-state index contributed by atoms with van der Waals surface area (Å²) in [6.45, 7) is 6.40. The Morgan fingerprint density at radius 1 is 1.21 bits per heavy atom. The Kier molecular flexibility index (Phi) is 4.18. The van der Waals surface area contributed by atoms with E-state index >= 15 is 0 Å². The van der Waals surface area contributed by atoms with Gasteiger partial charge in [-0.15, -0.1) is 21.5 Å². The highest BCUT2D eigenvalue weighted by Crippen LogP contribution is 2.49. The first-order valence-electron chi connectivity index (χ1n) is 7.72. The van der Waals surface area contributed by atoms with Crippen molar-refractivity contribution in [1.29, 1.82) is 0 Å². The Labute approximate surface area is 120 Å². The van der Waals surface area contributed by atoms with E-state index in [0.717, 1.165) is 35.9 Å². The minimum absolute atomic E-state index is 0.696. The maximum Gasteiger partial charge on any atom is 0.131 e. The van der Waals surface area contributed by atoms with Gasteiger partial charge in [0.25, 0.3) is 0 Å². The van der Waals surface area contributed by atoms with Crippen LogP contribution in [0.3, 0.4) is 0 Å². The van der Waals surface area contributed by atoms with Crippen molar-refractivity contribution >= 4 is 11.3 Å². The number of hydrogen-bond acceptors (Lipinski definition) is 4. The molecule has 1 aromatic heterocycles. The molecular formula is C15H25N3S. The van der Waals surface area contributed by atoms with Crippen LogP contribution in [0.5, 0.6) is 0 Å². The summed E-state index contributed by atoms with van der Waals surface area (Å²) in [5, 5.41) is 14.6. The third-order valence-electron chi connectivity index (χ3n) is 4.66. The lowest BCUT2D eigenvalue weighted by Crippen LogP contribution is -2.18. The van der Waals surface area contributed by atoms with Gasteiger partial charge in [-0.1, -0.05) is 20.3 Å². The summed E-state index contributed by atoms with van der Waals surface area (Å²) in [6.07, 6.45) is 7.08. The number of aromatic nitrogens is 2. The number of fused-ring (bicyclic) bond motifs is 2. The zero-order valence-corrected chi connectivity index (χ0v) is 12.9. The number of hydrogen-bond donors (Lipinski definition) is 1. The molecule has 106 valence electrons. The van der Waals surface area contributed by atoms with Crippen LogP contribution in [-0.4, -0.2) is 16.7 Å². The normalized spacial score (nSPS) is 29.5. The molecule has 0 amide bonds. The second-order valence-electron chi connectivity index (χ2n) is 6.75. The minimum Gasteiger partial charge on any atom is -0.310 e. The average molecular weight is 279 g/mol. The van der Waals surface area contributed by atoms with E-state index in [1.54, 1.807) is 0 Å². The SMILES string of the molecule is CC(C)CNCc1nnc(CC2CC3CCC2C3)s1. The van der Waals surface area contributed by atoms with E-state index in [0.29, 0.717) is 5.92 Å². The molecule has 0 radical (unpaired) electrons. The van der Waals surface area contributed by atoms with Gasteiger partial charge in [0.1, 0.15) is 10.0 Å². The summed E-state index contributed by atoms with van der Waals surface area (Å²) >= 11 is 1.81. The molecule has 2 fully saturated rings. The van der Waals surface area contributed by atoms with Crippen LogP contribution in [0, 0.1) is 23.7 Å². The maximum atomic E-state index is 4.39. The molecule has 3 rings (SSSR count). The largest absolute Gasteiger partial charge is 0.310 e. The van der Waals surface area contributed by atoms with Gasteiger partial charge in [0.2, 0.25) is 0 Å². The second kappa shape index (κ2) is 5.88. The van der Waals surface area contributed by atoms with Gasteiger partial charge in [-0.05, 0) is 49.5 Å². The van der Waals surface area contributed by atoms with E-state index < -0.39 is 0 Å². The van der Waals surface area contributed by atoms with E-state index in [2.05, 4.69) is 29.4 Å². The molecule has 19 heavy (non-hydrogen) atoms. The van der Waals surface area contributed by atoms with Crippen molar-refractivity contribution in [3.8, 4) is 0 Å². The van der Waals surface area contributed by atoms with Crippen molar-refractivity contribution in [2.45, 2.75) is 52.5 Å².